The van der Waals surface area contributed by atoms with Crippen molar-refractivity contribution in [2.24, 2.45) is 5.92 Å². The number of nitrogens with one attached hydrogen (secondary N) is 1. The van der Waals surface area contributed by atoms with Crippen LogP contribution in [0.5, 0.6) is 5.75 Å². The number of hydrogen-bond donors (Lipinski definition) is 1. The Morgan fingerprint density at radius 3 is 2.56 bits per heavy atom. The average Bonchev–Trinajstić information content (AvgIpc) is 3.51. The highest BCUT2D eigenvalue weighted by Crippen LogP contribution is 2.34. The highest BCUT2D eigenvalue weighted by molar-refractivity contribution is 7.89. The Hall–Kier alpha value is -2.13. The van der Waals surface area contributed by atoms with E-state index in [0.29, 0.717) is 30.9 Å². The molecule has 1 aromatic rings. The molecule has 1 N–H and O–H groups in total. The van der Waals surface area contributed by atoms with Gasteiger partial charge >= 0.3 is 0 Å². The zero-order valence-corrected chi connectivity index (χ0v) is 16.0. The van der Waals surface area contributed by atoms with Crippen molar-refractivity contribution in [3.8, 4) is 5.75 Å². The average molecular weight is 393 g/mol. The lowest BCUT2D eigenvalue weighted by Gasteiger charge is -2.34. The molecular weight excluding hydrogens is 370 g/mol. The molecule has 9 heteroatoms. The highest BCUT2D eigenvalue weighted by Gasteiger charge is 2.37. The van der Waals surface area contributed by atoms with Crippen molar-refractivity contribution in [2.75, 3.05) is 31.5 Å². The van der Waals surface area contributed by atoms with Crippen LogP contribution in [0.25, 0.3) is 0 Å². The van der Waals surface area contributed by atoms with Crippen LogP contribution in [-0.2, 0) is 19.6 Å². The van der Waals surface area contributed by atoms with E-state index in [2.05, 4.69) is 5.32 Å². The van der Waals surface area contributed by atoms with E-state index in [-0.39, 0.29) is 35.7 Å². The van der Waals surface area contributed by atoms with Crippen molar-refractivity contribution >= 4 is 27.5 Å². The van der Waals surface area contributed by atoms with Crippen LogP contribution in [0.15, 0.2) is 23.1 Å². The molecule has 1 aromatic carbocycles. The molecule has 146 valence electrons. The number of ether oxygens (including phenoxy) is 1. The number of rotatable bonds is 4. The normalized spacial score (nSPS) is 23.4. The van der Waals surface area contributed by atoms with Crippen molar-refractivity contribution in [1.29, 1.82) is 0 Å². The summed E-state index contributed by atoms with van der Waals surface area (Å²) in [5, 5.41) is 2.72. The predicted molar refractivity (Wildman–Crippen MR) is 97.8 cm³/mol. The highest BCUT2D eigenvalue weighted by atomic mass is 32.2. The zero-order valence-electron chi connectivity index (χ0n) is 15.2. The Labute approximate surface area is 158 Å². The molecule has 2 fully saturated rings. The maximum atomic E-state index is 13.0. The standard InChI is InChI=1S/C18H23N3O5S/c1-2-15-17(22)19-14-11-13(5-6-16(14)26-15)27(24,25)21-9-7-20(8-10-21)18(23)12-3-4-12/h5-6,11-12,15H,2-4,7-10H2,1H3,(H,19,22)/t15-/m1/s1. The minimum absolute atomic E-state index is 0.113. The first-order valence-corrected chi connectivity index (χ1v) is 10.7. The molecule has 0 spiro atoms. The lowest BCUT2D eigenvalue weighted by molar-refractivity contribution is -0.133. The first-order valence-electron chi connectivity index (χ1n) is 9.30. The van der Waals surface area contributed by atoms with Crippen LogP contribution < -0.4 is 10.1 Å². The number of nitrogens with zero attached hydrogens (tertiary/aromatic N) is 2. The molecule has 0 unspecified atom stereocenters. The van der Waals surface area contributed by atoms with E-state index in [1.165, 1.54) is 16.4 Å². The fraction of sp³-hybridized carbons (Fsp3) is 0.556. The predicted octanol–water partition coefficient (Wildman–Crippen LogP) is 1.04. The Balaban J connectivity index is 1.49. The van der Waals surface area contributed by atoms with Gasteiger partial charge in [0.05, 0.1) is 10.6 Å². The molecule has 2 amide bonds. The maximum absolute atomic E-state index is 13.0. The van der Waals surface area contributed by atoms with Crippen LogP contribution in [0.1, 0.15) is 26.2 Å². The summed E-state index contributed by atoms with van der Waals surface area (Å²) in [4.78, 5) is 26.0. The SMILES string of the molecule is CC[C@H]1Oc2ccc(S(=O)(=O)N3CCN(C(=O)C4CC4)CC3)cc2NC1=O. The second-order valence-electron chi connectivity index (χ2n) is 7.17. The van der Waals surface area contributed by atoms with Gasteiger partial charge in [-0.1, -0.05) is 6.92 Å². The molecule has 1 saturated carbocycles. The second-order valence-corrected chi connectivity index (χ2v) is 9.10. The Morgan fingerprint density at radius 2 is 1.93 bits per heavy atom. The maximum Gasteiger partial charge on any atom is 0.265 e. The van der Waals surface area contributed by atoms with Gasteiger partial charge in [0, 0.05) is 32.1 Å². The van der Waals surface area contributed by atoms with Crippen molar-refractivity contribution in [3.05, 3.63) is 18.2 Å². The fourth-order valence-electron chi connectivity index (χ4n) is 3.45. The van der Waals surface area contributed by atoms with Crippen molar-refractivity contribution < 1.29 is 22.7 Å². The smallest absolute Gasteiger partial charge is 0.265 e. The molecule has 27 heavy (non-hydrogen) atoms. The van der Waals surface area contributed by atoms with Crippen LogP contribution in [0, 0.1) is 5.92 Å². The molecule has 2 heterocycles. The Kier molecular flexibility index (Phi) is 4.59. The summed E-state index contributed by atoms with van der Waals surface area (Å²) < 4.78 is 32.9. The molecule has 2 aliphatic heterocycles. The van der Waals surface area contributed by atoms with E-state index in [4.69, 9.17) is 4.74 Å². The number of amides is 2. The molecule has 1 saturated heterocycles. The number of benzene rings is 1. The van der Waals surface area contributed by atoms with Crippen LogP contribution >= 0.6 is 0 Å². The van der Waals surface area contributed by atoms with Gasteiger partial charge in [-0.25, -0.2) is 8.42 Å². The van der Waals surface area contributed by atoms with Gasteiger partial charge < -0.3 is 15.0 Å². The van der Waals surface area contributed by atoms with Crippen molar-refractivity contribution in [1.82, 2.24) is 9.21 Å². The van der Waals surface area contributed by atoms with Gasteiger partial charge in [-0.2, -0.15) is 4.31 Å². The third kappa shape index (κ3) is 3.41. The van der Waals surface area contributed by atoms with Crippen LogP contribution in [-0.4, -0.2) is 61.7 Å². The quantitative estimate of drug-likeness (QED) is 0.825. The topological polar surface area (TPSA) is 96.0 Å². The van der Waals surface area contributed by atoms with Gasteiger partial charge in [0.25, 0.3) is 5.91 Å². The summed E-state index contributed by atoms with van der Waals surface area (Å²) in [6.45, 7) is 3.23. The number of carbonyl (C=O) groups excluding carboxylic acids is 2. The largest absolute Gasteiger partial charge is 0.478 e. The summed E-state index contributed by atoms with van der Waals surface area (Å²) in [6.07, 6.45) is 1.87. The monoisotopic (exact) mass is 393 g/mol. The molecule has 0 aromatic heterocycles. The Morgan fingerprint density at radius 1 is 1.22 bits per heavy atom. The van der Waals surface area contributed by atoms with Gasteiger partial charge in [-0.3, -0.25) is 9.59 Å². The summed E-state index contributed by atoms with van der Waals surface area (Å²) in [5.41, 5.74) is 0.369. The van der Waals surface area contributed by atoms with Gasteiger partial charge in [0.2, 0.25) is 15.9 Å². The molecule has 8 nitrogen and oxygen atoms in total. The first-order chi connectivity index (χ1) is 12.9. The summed E-state index contributed by atoms with van der Waals surface area (Å²) >= 11 is 0. The lowest BCUT2D eigenvalue weighted by atomic mass is 10.2. The number of anilines is 1. The van der Waals surface area contributed by atoms with E-state index in [1.54, 1.807) is 11.0 Å². The molecule has 1 atom stereocenters. The van der Waals surface area contributed by atoms with Gasteiger partial charge in [0.1, 0.15) is 5.75 Å². The van der Waals surface area contributed by atoms with Gasteiger partial charge in [-0.15, -0.1) is 0 Å². The molecule has 4 rings (SSSR count). The van der Waals surface area contributed by atoms with Crippen LogP contribution in [0.4, 0.5) is 5.69 Å². The minimum Gasteiger partial charge on any atom is -0.478 e. The van der Waals surface area contributed by atoms with Crippen molar-refractivity contribution in [3.63, 3.8) is 0 Å². The first kappa shape index (κ1) is 18.2. The van der Waals surface area contributed by atoms with E-state index in [0.717, 1.165) is 12.8 Å². The molecular formula is C18H23N3O5S. The zero-order chi connectivity index (χ0) is 19.2. The lowest BCUT2D eigenvalue weighted by Crippen LogP contribution is -2.50. The number of sulfonamides is 1. The third-order valence-electron chi connectivity index (χ3n) is 5.26. The second kappa shape index (κ2) is 6.79. The van der Waals surface area contributed by atoms with Crippen LogP contribution in [0.2, 0.25) is 0 Å². The van der Waals surface area contributed by atoms with Gasteiger partial charge in [-0.05, 0) is 37.5 Å². The van der Waals surface area contributed by atoms with E-state index in [1.807, 2.05) is 6.92 Å². The summed E-state index contributed by atoms with van der Waals surface area (Å²) in [5.74, 6) is 0.488. The van der Waals surface area contributed by atoms with E-state index >= 15 is 0 Å². The van der Waals surface area contributed by atoms with Gasteiger partial charge in [0.15, 0.2) is 6.10 Å². The number of piperazine rings is 1. The summed E-state index contributed by atoms with van der Waals surface area (Å²) in [6, 6.07) is 4.52. The van der Waals surface area contributed by atoms with Crippen molar-refractivity contribution in [2.45, 2.75) is 37.2 Å². The fourth-order valence-corrected chi connectivity index (χ4v) is 4.89. The van der Waals surface area contributed by atoms with E-state index < -0.39 is 16.1 Å². The third-order valence-corrected chi connectivity index (χ3v) is 7.15. The molecule has 0 radical (unpaired) electrons. The van der Waals surface area contributed by atoms with E-state index in [9.17, 15) is 18.0 Å². The Bertz CT molecular complexity index is 873. The number of fused-ring (bicyclic) bond motifs is 1. The minimum atomic E-state index is -3.70. The van der Waals surface area contributed by atoms with Crippen LogP contribution in [0.3, 0.4) is 0 Å². The molecule has 3 aliphatic rings. The molecule has 0 bridgehead atoms. The summed E-state index contributed by atoms with van der Waals surface area (Å²) in [7, 11) is -3.70. The number of carbonyl (C=O) groups is 2. The molecule has 1 aliphatic carbocycles. The number of hydrogen-bond acceptors (Lipinski definition) is 5.